The topological polar surface area (TPSA) is 71.4 Å². The van der Waals surface area contributed by atoms with Crippen LogP contribution in [0.2, 0.25) is 0 Å². The second kappa shape index (κ2) is 9.14. The molecule has 0 spiro atoms. The van der Waals surface area contributed by atoms with E-state index in [1.165, 1.54) is 0 Å². The lowest BCUT2D eigenvalue weighted by molar-refractivity contribution is -0.137. The fraction of sp³-hybridized carbons (Fsp3) is 0.750. The van der Waals surface area contributed by atoms with Gasteiger partial charge in [0.05, 0.1) is 0 Å². The maximum Gasteiger partial charge on any atom is 0.303 e. The first-order valence-electron chi connectivity index (χ1n) is 9.46. The zero-order valence-corrected chi connectivity index (χ0v) is 14.7. The Bertz CT molecular complexity index is 494. The number of unbranched alkanes of at least 4 members (excludes halogenated alkanes) is 2. The number of allylic oxidation sites excluding steroid dienone is 2. The molecule has 24 heavy (non-hydrogen) atoms. The van der Waals surface area contributed by atoms with Crippen molar-refractivity contribution in [1.29, 1.82) is 0 Å². The first-order valence-corrected chi connectivity index (χ1v) is 9.46. The first-order chi connectivity index (χ1) is 11.5. The molecule has 2 rings (SSSR count). The lowest BCUT2D eigenvalue weighted by Gasteiger charge is -2.34. The van der Waals surface area contributed by atoms with Gasteiger partial charge in [-0.2, -0.15) is 0 Å². The molecule has 134 valence electrons. The van der Waals surface area contributed by atoms with Gasteiger partial charge in [-0.3, -0.25) is 14.4 Å². The van der Waals surface area contributed by atoms with Crippen LogP contribution in [-0.2, 0) is 14.4 Å². The van der Waals surface area contributed by atoms with Gasteiger partial charge in [-0.25, -0.2) is 0 Å². The van der Waals surface area contributed by atoms with Crippen molar-refractivity contribution in [2.45, 2.75) is 71.1 Å². The summed E-state index contributed by atoms with van der Waals surface area (Å²) in [5.74, 6) is 0.775. The number of rotatable bonds is 9. The van der Waals surface area contributed by atoms with Crippen LogP contribution < -0.4 is 0 Å². The Labute approximate surface area is 144 Å². The monoisotopic (exact) mass is 334 g/mol. The minimum absolute atomic E-state index is 0.0722. The van der Waals surface area contributed by atoms with Crippen molar-refractivity contribution in [3.05, 3.63) is 12.2 Å². The summed E-state index contributed by atoms with van der Waals surface area (Å²) < 4.78 is 0. The molecule has 2 aliphatic carbocycles. The molecule has 1 unspecified atom stereocenters. The lowest BCUT2D eigenvalue weighted by atomic mass is 9.69. The van der Waals surface area contributed by atoms with Gasteiger partial charge in [-0.15, -0.1) is 0 Å². The Morgan fingerprint density at radius 2 is 1.92 bits per heavy atom. The van der Waals surface area contributed by atoms with Gasteiger partial charge in [0, 0.05) is 31.1 Å². The molecule has 4 atom stereocenters. The molecule has 0 aromatic heterocycles. The molecular formula is C20H30O4. The van der Waals surface area contributed by atoms with Crippen LogP contribution in [0.4, 0.5) is 0 Å². The molecule has 0 bridgehead atoms. The quantitative estimate of drug-likeness (QED) is 0.507. The summed E-state index contributed by atoms with van der Waals surface area (Å²) in [4.78, 5) is 35.2. The molecule has 2 fully saturated rings. The number of hydrogen-bond donors (Lipinski definition) is 1. The first kappa shape index (κ1) is 18.9. The number of carbonyl (C=O) groups excluding carboxylic acids is 2. The van der Waals surface area contributed by atoms with E-state index in [4.69, 9.17) is 5.11 Å². The van der Waals surface area contributed by atoms with Crippen molar-refractivity contribution in [1.82, 2.24) is 0 Å². The number of ketones is 2. The number of carboxylic acids is 1. The van der Waals surface area contributed by atoms with Gasteiger partial charge in [-0.05, 0) is 43.9 Å². The van der Waals surface area contributed by atoms with E-state index in [9.17, 15) is 14.4 Å². The van der Waals surface area contributed by atoms with Gasteiger partial charge in [0.15, 0.2) is 0 Å². The smallest absolute Gasteiger partial charge is 0.303 e. The molecule has 0 radical (unpaired) electrons. The predicted molar refractivity (Wildman–Crippen MR) is 92.6 cm³/mol. The number of Topliss-reactive ketones (excluding diaryl/α,β-unsaturated/α-hetero) is 2. The van der Waals surface area contributed by atoms with E-state index in [-0.39, 0.29) is 24.2 Å². The van der Waals surface area contributed by atoms with Crippen LogP contribution in [0, 0.1) is 23.7 Å². The standard InChI is InChI=1S/C20H30O4/c1-2-3-8-16-17-13-19(22)15(14(17)11-12-18(16)21)9-6-4-5-7-10-20(23)24/h4,6,14-17H,2-3,5,7-13H2,1H3,(H,23,24)/b6-4+/t14-,15-,16?,17-/m0/s1. The molecule has 2 aliphatic rings. The van der Waals surface area contributed by atoms with Crippen molar-refractivity contribution in [3.8, 4) is 0 Å². The highest BCUT2D eigenvalue weighted by atomic mass is 16.4. The molecule has 0 aliphatic heterocycles. The van der Waals surface area contributed by atoms with Crippen LogP contribution in [0.15, 0.2) is 12.2 Å². The van der Waals surface area contributed by atoms with E-state index < -0.39 is 5.97 Å². The number of carboxylic acid groups (broad SMARTS) is 1. The molecule has 1 N–H and O–H groups in total. The minimum atomic E-state index is -0.762. The molecule has 0 aromatic rings. The zero-order chi connectivity index (χ0) is 17.5. The van der Waals surface area contributed by atoms with Gasteiger partial charge >= 0.3 is 5.97 Å². The summed E-state index contributed by atoms with van der Waals surface area (Å²) in [5, 5.41) is 8.62. The van der Waals surface area contributed by atoms with Crippen LogP contribution in [0.3, 0.4) is 0 Å². The van der Waals surface area contributed by atoms with Crippen molar-refractivity contribution in [2.75, 3.05) is 0 Å². The van der Waals surface area contributed by atoms with Crippen LogP contribution in [0.5, 0.6) is 0 Å². The zero-order valence-electron chi connectivity index (χ0n) is 14.7. The summed E-state index contributed by atoms with van der Waals surface area (Å²) >= 11 is 0. The maximum absolute atomic E-state index is 12.5. The Morgan fingerprint density at radius 3 is 2.62 bits per heavy atom. The molecule has 2 saturated carbocycles. The summed E-state index contributed by atoms with van der Waals surface area (Å²) in [5.41, 5.74) is 0. The Hall–Kier alpha value is -1.45. The van der Waals surface area contributed by atoms with Crippen molar-refractivity contribution < 1.29 is 19.5 Å². The fourth-order valence-corrected chi connectivity index (χ4v) is 4.50. The Kier molecular flexibility index (Phi) is 7.19. The van der Waals surface area contributed by atoms with E-state index >= 15 is 0 Å². The second-order valence-electron chi connectivity index (χ2n) is 7.35. The molecule has 0 saturated heterocycles. The lowest BCUT2D eigenvalue weighted by Crippen LogP contribution is -2.34. The summed E-state index contributed by atoms with van der Waals surface area (Å²) in [6.45, 7) is 2.14. The van der Waals surface area contributed by atoms with Gasteiger partial charge < -0.3 is 5.11 Å². The van der Waals surface area contributed by atoms with E-state index in [1.807, 2.05) is 12.2 Å². The maximum atomic E-state index is 12.5. The van der Waals surface area contributed by atoms with E-state index in [2.05, 4.69) is 6.92 Å². The minimum Gasteiger partial charge on any atom is -0.481 e. The van der Waals surface area contributed by atoms with E-state index in [0.29, 0.717) is 36.7 Å². The van der Waals surface area contributed by atoms with Crippen molar-refractivity contribution in [2.24, 2.45) is 23.7 Å². The summed E-state index contributed by atoms with van der Waals surface area (Å²) in [7, 11) is 0. The largest absolute Gasteiger partial charge is 0.481 e. The SMILES string of the molecule is CCCCC1C(=O)CC[C@H]2[C@H](C/C=C/CCCC(=O)O)C(=O)C[C@H]12. The second-order valence-corrected chi connectivity index (χ2v) is 7.35. The van der Waals surface area contributed by atoms with Crippen LogP contribution >= 0.6 is 0 Å². The number of fused-ring (bicyclic) bond motifs is 1. The average molecular weight is 334 g/mol. The van der Waals surface area contributed by atoms with Gasteiger partial charge in [-0.1, -0.05) is 31.9 Å². The van der Waals surface area contributed by atoms with Crippen molar-refractivity contribution in [3.63, 3.8) is 0 Å². The van der Waals surface area contributed by atoms with Gasteiger partial charge in [0.25, 0.3) is 0 Å². The summed E-state index contributed by atoms with van der Waals surface area (Å²) in [6.07, 6.45) is 11.6. The molecule has 4 nitrogen and oxygen atoms in total. The normalized spacial score (nSPS) is 30.0. The van der Waals surface area contributed by atoms with Crippen LogP contribution in [0.1, 0.15) is 71.1 Å². The molecule has 4 heteroatoms. The van der Waals surface area contributed by atoms with E-state index in [0.717, 1.165) is 38.5 Å². The third kappa shape index (κ3) is 4.78. The average Bonchev–Trinajstić information content (AvgIpc) is 2.85. The molecule has 0 heterocycles. The third-order valence-corrected chi connectivity index (χ3v) is 5.76. The van der Waals surface area contributed by atoms with Crippen LogP contribution in [0.25, 0.3) is 0 Å². The summed E-state index contributed by atoms with van der Waals surface area (Å²) in [6, 6.07) is 0. The molecular weight excluding hydrogens is 304 g/mol. The number of carbonyl (C=O) groups is 3. The number of aliphatic carboxylic acids is 1. The predicted octanol–water partition coefficient (Wildman–Crippen LogP) is 4.18. The van der Waals surface area contributed by atoms with Gasteiger partial charge in [0.2, 0.25) is 0 Å². The highest BCUT2D eigenvalue weighted by Crippen LogP contribution is 2.48. The van der Waals surface area contributed by atoms with E-state index in [1.54, 1.807) is 0 Å². The van der Waals surface area contributed by atoms with Crippen molar-refractivity contribution >= 4 is 17.5 Å². The van der Waals surface area contributed by atoms with Gasteiger partial charge in [0.1, 0.15) is 11.6 Å². The molecule has 0 amide bonds. The highest BCUT2D eigenvalue weighted by Gasteiger charge is 2.48. The Morgan fingerprint density at radius 1 is 1.12 bits per heavy atom. The molecule has 0 aromatic carbocycles. The third-order valence-electron chi connectivity index (χ3n) is 5.76. The Balaban J connectivity index is 1.88. The number of hydrogen-bond acceptors (Lipinski definition) is 3. The van der Waals surface area contributed by atoms with Crippen LogP contribution in [-0.4, -0.2) is 22.6 Å². The fourth-order valence-electron chi connectivity index (χ4n) is 4.50. The highest BCUT2D eigenvalue weighted by molar-refractivity contribution is 5.88.